The number of aliphatic hydroxyl groups is 1. The average molecular weight is 284 g/mol. The highest BCUT2D eigenvalue weighted by atomic mass is 32.2. The molecule has 0 unspecified atom stereocenters. The Hall–Kier alpha value is -1.11. The van der Waals surface area contributed by atoms with E-state index in [-0.39, 0.29) is 13.2 Å². The van der Waals surface area contributed by atoms with Gasteiger partial charge in [0.05, 0.1) is 18.8 Å². The van der Waals surface area contributed by atoms with E-state index < -0.39 is 10.2 Å². The molecule has 0 aromatic heterocycles. The SMILES string of the molecule is O=S(=O)(N1CCCCC1)N(CCO)c1ccccc1. The van der Waals surface area contributed by atoms with E-state index in [1.165, 1.54) is 8.61 Å². The van der Waals surface area contributed by atoms with E-state index in [1.807, 2.05) is 6.07 Å². The molecule has 0 atom stereocenters. The molecular weight excluding hydrogens is 264 g/mol. The molecule has 2 rings (SSSR count). The maximum atomic E-state index is 12.6. The molecule has 19 heavy (non-hydrogen) atoms. The van der Waals surface area contributed by atoms with Crippen LogP contribution >= 0.6 is 0 Å². The number of piperidine rings is 1. The Morgan fingerprint density at radius 1 is 1.11 bits per heavy atom. The van der Waals surface area contributed by atoms with Crippen LogP contribution in [0.4, 0.5) is 5.69 Å². The van der Waals surface area contributed by atoms with E-state index in [2.05, 4.69) is 0 Å². The first-order chi connectivity index (χ1) is 9.16. The third-order valence-electron chi connectivity index (χ3n) is 3.27. The lowest BCUT2D eigenvalue weighted by Crippen LogP contribution is -2.47. The van der Waals surface area contributed by atoms with Crippen LogP contribution in [-0.2, 0) is 10.2 Å². The zero-order valence-corrected chi connectivity index (χ0v) is 11.7. The molecule has 0 saturated carbocycles. The first kappa shape index (κ1) is 14.3. The number of nitrogens with zero attached hydrogens (tertiary/aromatic N) is 2. The predicted molar refractivity (Wildman–Crippen MR) is 75.2 cm³/mol. The van der Waals surface area contributed by atoms with Gasteiger partial charge >= 0.3 is 10.2 Å². The second kappa shape index (κ2) is 6.36. The smallest absolute Gasteiger partial charge is 0.304 e. The van der Waals surface area contributed by atoms with E-state index in [4.69, 9.17) is 5.11 Å². The second-order valence-electron chi connectivity index (χ2n) is 4.60. The van der Waals surface area contributed by atoms with Crippen LogP contribution in [0.5, 0.6) is 0 Å². The van der Waals surface area contributed by atoms with Crippen LogP contribution < -0.4 is 4.31 Å². The summed E-state index contributed by atoms with van der Waals surface area (Å²) in [5.41, 5.74) is 0.599. The van der Waals surface area contributed by atoms with Crippen molar-refractivity contribution in [1.29, 1.82) is 0 Å². The molecule has 1 heterocycles. The topological polar surface area (TPSA) is 60.9 Å². The van der Waals surface area contributed by atoms with Crippen molar-refractivity contribution in [3.63, 3.8) is 0 Å². The number of hydrogen-bond acceptors (Lipinski definition) is 3. The van der Waals surface area contributed by atoms with Crippen LogP contribution in [0.25, 0.3) is 0 Å². The maximum absolute atomic E-state index is 12.6. The number of aliphatic hydroxyl groups excluding tert-OH is 1. The molecule has 6 heteroatoms. The molecule has 1 saturated heterocycles. The molecular formula is C13H20N2O3S. The summed E-state index contributed by atoms with van der Waals surface area (Å²) in [6, 6.07) is 8.93. The summed E-state index contributed by atoms with van der Waals surface area (Å²) in [4.78, 5) is 0. The Balaban J connectivity index is 2.27. The van der Waals surface area contributed by atoms with Crippen LogP contribution in [-0.4, -0.2) is 44.1 Å². The monoisotopic (exact) mass is 284 g/mol. The van der Waals surface area contributed by atoms with Gasteiger partial charge in [-0.05, 0) is 25.0 Å². The van der Waals surface area contributed by atoms with Gasteiger partial charge in [0.2, 0.25) is 0 Å². The lowest BCUT2D eigenvalue weighted by atomic mass is 10.2. The molecule has 1 aromatic rings. The summed E-state index contributed by atoms with van der Waals surface area (Å²) in [6.07, 6.45) is 2.89. The highest BCUT2D eigenvalue weighted by Crippen LogP contribution is 2.22. The number of benzene rings is 1. The minimum atomic E-state index is -3.53. The van der Waals surface area contributed by atoms with Crippen molar-refractivity contribution in [1.82, 2.24) is 4.31 Å². The van der Waals surface area contributed by atoms with Gasteiger partial charge in [-0.3, -0.25) is 4.31 Å². The van der Waals surface area contributed by atoms with Gasteiger partial charge in [-0.1, -0.05) is 24.6 Å². The summed E-state index contributed by atoms with van der Waals surface area (Å²) < 4.78 is 28.0. The van der Waals surface area contributed by atoms with Crippen LogP contribution in [0.2, 0.25) is 0 Å². The first-order valence-corrected chi connectivity index (χ1v) is 7.99. The van der Waals surface area contributed by atoms with E-state index in [0.29, 0.717) is 18.8 Å². The van der Waals surface area contributed by atoms with Gasteiger partial charge in [-0.15, -0.1) is 0 Å². The fraction of sp³-hybridized carbons (Fsp3) is 0.538. The van der Waals surface area contributed by atoms with Crippen LogP contribution in [0.15, 0.2) is 30.3 Å². The summed E-state index contributed by atoms with van der Waals surface area (Å²) in [6.45, 7) is 1.03. The minimum absolute atomic E-state index is 0.0862. The first-order valence-electron chi connectivity index (χ1n) is 6.60. The van der Waals surface area contributed by atoms with Gasteiger partial charge in [0.1, 0.15) is 0 Å². The summed E-state index contributed by atoms with van der Waals surface area (Å²) in [7, 11) is -3.53. The Morgan fingerprint density at radius 3 is 2.32 bits per heavy atom. The lowest BCUT2D eigenvalue weighted by molar-refractivity contribution is 0.302. The van der Waals surface area contributed by atoms with Crippen LogP contribution in [0.1, 0.15) is 19.3 Å². The van der Waals surface area contributed by atoms with Crippen molar-refractivity contribution < 1.29 is 13.5 Å². The lowest BCUT2D eigenvalue weighted by Gasteiger charge is -2.33. The van der Waals surface area contributed by atoms with Crippen molar-refractivity contribution >= 4 is 15.9 Å². The molecule has 0 amide bonds. The maximum Gasteiger partial charge on any atom is 0.304 e. The fourth-order valence-corrected chi connectivity index (χ4v) is 4.00. The Labute approximate surface area is 114 Å². The number of rotatable bonds is 5. The molecule has 1 aliphatic heterocycles. The highest BCUT2D eigenvalue weighted by Gasteiger charge is 2.30. The van der Waals surface area contributed by atoms with Crippen molar-refractivity contribution in [2.24, 2.45) is 0 Å². The van der Waals surface area contributed by atoms with Gasteiger partial charge in [0, 0.05) is 13.1 Å². The normalized spacial score (nSPS) is 17.3. The molecule has 1 fully saturated rings. The quantitative estimate of drug-likeness (QED) is 0.884. The molecule has 5 nitrogen and oxygen atoms in total. The summed E-state index contributed by atoms with van der Waals surface area (Å²) in [5, 5.41) is 9.14. The highest BCUT2D eigenvalue weighted by molar-refractivity contribution is 7.90. The summed E-state index contributed by atoms with van der Waals surface area (Å²) >= 11 is 0. The Morgan fingerprint density at radius 2 is 1.74 bits per heavy atom. The van der Waals surface area contributed by atoms with Gasteiger partial charge in [-0.25, -0.2) is 0 Å². The zero-order valence-electron chi connectivity index (χ0n) is 10.9. The molecule has 0 aliphatic carbocycles. The number of anilines is 1. The minimum Gasteiger partial charge on any atom is -0.394 e. The van der Waals surface area contributed by atoms with E-state index in [9.17, 15) is 8.42 Å². The summed E-state index contributed by atoms with van der Waals surface area (Å²) in [5.74, 6) is 0. The van der Waals surface area contributed by atoms with Crippen molar-refractivity contribution in [3.8, 4) is 0 Å². The Bertz CT molecular complexity index is 484. The Kier molecular flexibility index (Phi) is 4.79. The van der Waals surface area contributed by atoms with E-state index in [1.54, 1.807) is 24.3 Å². The van der Waals surface area contributed by atoms with Gasteiger partial charge in [-0.2, -0.15) is 12.7 Å². The molecule has 1 N–H and O–H groups in total. The van der Waals surface area contributed by atoms with Crippen molar-refractivity contribution in [2.45, 2.75) is 19.3 Å². The third-order valence-corrected chi connectivity index (χ3v) is 5.24. The zero-order chi connectivity index (χ0) is 13.7. The fourth-order valence-electron chi connectivity index (χ4n) is 2.30. The van der Waals surface area contributed by atoms with E-state index >= 15 is 0 Å². The predicted octanol–water partition coefficient (Wildman–Crippen LogP) is 1.22. The van der Waals surface area contributed by atoms with Crippen molar-refractivity contribution in [3.05, 3.63) is 30.3 Å². The molecule has 1 aromatic carbocycles. The second-order valence-corrected chi connectivity index (χ2v) is 6.45. The van der Waals surface area contributed by atoms with E-state index in [0.717, 1.165) is 19.3 Å². The van der Waals surface area contributed by atoms with Gasteiger partial charge in [0.25, 0.3) is 0 Å². The van der Waals surface area contributed by atoms with Crippen LogP contribution in [0.3, 0.4) is 0 Å². The van der Waals surface area contributed by atoms with Gasteiger partial charge in [0.15, 0.2) is 0 Å². The molecule has 0 spiro atoms. The largest absolute Gasteiger partial charge is 0.394 e. The molecule has 106 valence electrons. The standard InChI is InChI=1S/C13H20N2O3S/c16-12-11-15(13-7-3-1-4-8-13)19(17,18)14-9-5-2-6-10-14/h1,3-4,7-8,16H,2,5-6,9-12H2. The van der Waals surface area contributed by atoms with Gasteiger partial charge < -0.3 is 5.11 Å². The third kappa shape index (κ3) is 3.26. The van der Waals surface area contributed by atoms with Crippen molar-refractivity contribution in [2.75, 3.05) is 30.5 Å². The number of para-hydroxylation sites is 1. The average Bonchev–Trinajstić information content (AvgIpc) is 2.46. The van der Waals surface area contributed by atoms with Crippen LogP contribution in [0, 0.1) is 0 Å². The molecule has 0 bridgehead atoms. The molecule has 0 radical (unpaired) electrons. The molecule has 1 aliphatic rings. The number of hydrogen-bond donors (Lipinski definition) is 1.